The van der Waals surface area contributed by atoms with E-state index in [1.54, 1.807) is 12.1 Å². The summed E-state index contributed by atoms with van der Waals surface area (Å²) in [6.07, 6.45) is 2.81. The van der Waals surface area contributed by atoms with Crippen molar-refractivity contribution in [3.63, 3.8) is 0 Å². The molecule has 1 saturated heterocycles. The number of morpholine rings is 1. The number of nitrogens with zero attached hydrogens (tertiary/aromatic N) is 2. The van der Waals surface area contributed by atoms with Gasteiger partial charge in [0, 0.05) is 25.6 Å². The number of rotatable bonds is 7. The Balaban J connectivity index is 1.17. The zero-order valence-electron chi connectivity index (χ0n) is 20.7. The lowest BCUT2D eigenvalue weighted by Gasteiger charge is -2.38. The number of amides is 2. The first-order valence-electron chi connectivity index (χ1n) is 13.0. The van der Waals surface area contributed by atoms with Crippen molar-refractivity contribution >= 4 is 11.8 Å². The Hall–Kier alpha value is -3.62. The number of hydrogen-bond acceptors (Lipinski definition) is 6. The topological polar surface area (TPSA) is 84.3 Å². The van der Waals surface area contributed by atoms with Crippen molar-refractivity contribution in [1.29, 1.82) is 0 Å². The molecule has 1 N–H and O–H groups in total. The number of carbonyl (C=O) groups excluding carboxylic acids is 2. The van der Waals surface area contributed by atoms with E-state index in [-0.39, 0.29) is 36.1 Å². The highest BCUT2D eigenvalue weighted by Crippen LogP contribution is 2.41. The van der Waals surface area contributed by atoms with Crippen LogP contribution in [0, 0.1) is 5.92 Å². The largest absolute Gasteiger partial charge is 0.486 e. The van der Waals surface area contributed by atoms with Crippen LogP contribution in [0.4, 0.5) is 0 Å². The van der Waals surface area contributed by atoms with Crippen molar-refractivity contribution < 1.29 is 23.5 Å². The summed E-state index contributed by atoms with van der Waals surface area (Å²) in [5.41, 5.74) is 6.30. The van der Waals surface area contributed by atoms with E-state index in [0.29, 0.717) is 37.8 Å². The SMILES string of the molecule is O=C(NN1CCOCC1)c1ccc(COc2ccc3c(c2)C(c2ccccc2)N(C(=O)C2CC2)CC3)o1. The predicted octanol–water partition coefficient (Wildman–Crippen LogP) is 3.72. The molecule has 1 saturated carbocycles. The molecule has 37 heavy (non-hydrogen) atoms. The van der Waals surface area contributed by atoms with E-state index in [9.17, 15) is 9.59 Å². The second-order valence-corrected chi connectivity index (χ2v) is 9.82. The van der Waals surface area contributed by atoms with Gasteiger partial charge in [0.2, 0.25) is 5.91 Å². The molecule has 1 aromatic heterocycles. The smallest absolute Gasteiger partial charge is 0.301 e. The molecule has 2 aliphatic heterocycles. The molecule has 0 radical (unpaired) electrons. The molecule has 1 aliphatic carbocycles. The van der Waals surface area contributed by atoms with Gasteiger partial charge in [-0.2, -0.15) is 0 Å². The van der Waals surface area contributed by atoms with Gasteiger partial charge in [-0.1, -0.05) is 36.4 Å². The summed E-state index contributed by atoms with van der Waals surface area (Å²) in [5, 5.41) is 1.83. The van der Waals surface area contributed by atoms with Crippen LogP contribution in [0.25, 0.3) is 0 Å². The molecule has 8 nitrogen and oxygen atoms in total. The third-order valence-electron chi connectivity index (χ3n) is 7.21. The molecular formula is C29H31N3O5. The predicted molar refractivity (Wildman–Crippen MR) is 136 cm³/mol. The van der Waals surface area contributed by atoms with Gasteiger partial charge in [0.1, 0.15) is 18.1 Å². The summed E-state index contributed by atoms with van der Waals surface area (Å²) in [5.74, 6) is 1.65. The summed E-state index contributed by atoms with van der Waals surface area (Å²) in [7, 11) is 0. The molecule has 0 spiro atoms. The third kappa shape index (κ3) is 5.26. The van der Waals surface area contributed by atoms with Crippen LogP contribution in [0.5, 0.6) is 5.75 Å². The molecule has 3 aliphatic rings. The van der Waals surface area contributed by atoms with E-state index < -0.39 is 0 Å². The molecule has 8 heteroatoms. The number of ether oxygens (including phenoxy) is 2. The second kappa shape index (κ2) is 10.4. The molecule has 6 rings (SSSR count). The van der Waals surface area contributed by atoms with Crippen molar-refractivity contribution in [2.75, 3.05) is 32.8 Å². The van der Waals surface area contributed by atoms with Crippen molar-refractivity contribution in [3.8, 4) is 5.75 Å². The standard InChI is InChI=1S/C29H31N3O5/c33-28(30-31-14-16-35-17-15-31)26-11-10-24(37-26)19-36-23-9-8-20-12-13-32(29(34)22-6-7-22)27(25(20)18-23)21-4-2-1-3-5-21/h1-5,8-11,18,22,27H,6-7,12-17,19H2,(H,30,33). The summed E-state index contributed by atoms with van der Waals surface area (Å²) in [6, 6.07) is 19.6. The third-order valence-corrected chi connectivity index (χ3v) is 7.21. The average Bonchev–Trinajstić information content (AvgIpc) is 3.68. The Bertz CT molecular complexity index is 1260. The zero-order chi connectivity index (χ0) is 25.2. The van der Waals surface area contributed by atoms with Crippen molar-refractivity contribution in [1.82, 2.24) is 15.3 Å². The normalized spacial score (nSPS) is 19.8. The van der Waals surface area contributed by atoms with Crippen molar-refractivity contribution in [2.45, 2.75) is 31.9 Å². The fraction of sp³-hybridized carbons (Fsp3) is 0.379. The Labute approximate surface area is 216 Å². The lowest BCUT2D eigenvalue weighted by molar-refractivity contribution is -0.134. The Morgan fingerprint density at radius 2 is 1.78 bits per heavy atom. The molecule has 3 heterocycles. The van der Waals surface area contributed by atoms with Crippen LogP contribution >= 0.6 is 0 Å². The minimum atomic E-state index is -0.284. The van der Waals surface area contributed by atoms with Crippen LogP contribution in [0.3, 0.4) is 0 Å². The second-order valence-electron chi connectivity index (χ2n) is 9.82. The number of hydrazine groups is 1. The quantitative estimate of drug-likeness (QED) is 0.531. The van der Waals surface area contributed by atoms with Crippen LogP contribution in [0.15, 0.2) is 65.1 Å². The molecule has 1 atom stereocenters. The lowest BCUT2D eigenvalue weighted by Crippen LogP contribution is -2.48. The van der Waals surface area contributed by atoms with Gasteiger partial charge < -0.3 is 18.8 Å². The minimum Gasteiger partial charge on any atom is -0.486 e. The fourth-order valence-electron chi connectivity index (χ4n) is 5.09. The highest BCUT2D eigenvalue weighted by Gasteiger charge is 2.39. The Kier molecular flexibility index (Phi) is 6.68. The van der Waals surface area contributed by atoms with Gasteiger partial charge in [-0.3, -0.25) is 15.0 Å². The Morgan fingerprint density at radius 3 is 2.57 bits per heavy atom. The monoisotopic (exact) mass is 501 g/mol. The van der Waals surface area contributed by atoms with Crippen LogP contribution in [-0.2, 0) is 22.6 Å². The first kappa shape index (κ1) is 23.8. The highest BCUT2D eigenvalue weighted by molar-refractivity contribution is 5.91. The van der Waals surface area contributed by atoms with Crippen LogP contribution < -0.4 is 10.2 Å². The van der Waals surface area contributed by atoms with Crippen molar-refractivity contribution in [3.05, 3.63) is 88.9 Å². The number of carbonyl (C=O) groups is 2. The van der Waals surface area contributed by atoms with Gasteiger partial charge in [0.25, 0.3) is 0 Å². The molecular weight excluding hydrogens is 470 g/mol. The summed E-state index contributed by atoms with van der Waals surface area (Å²) in [6.45, 7) is 3.41. The first-order chi connectivity index (χ1) is 18.2. The van der Waals surface area contributed by atoms with Crippen molar-refractivity contribution in [2.24, 2.45) is 5.92 Å². The number of nitrogens with one attached hydrogen (secondary N) is 1. The van der Waals surface area contributed by atoms with Gasteiger partial charge in [0.05, 0.1) is 19.3 Å². The molecule has 2 fully saturated rings. The van der Waals surface area contributed by atoms with Gasteiger partial charge in [-0.15, -0.1) is 0 Å². The molecule has 2 aromatic carbocycles. The van der Waals surface area contributed by atoms with Gasteiger partial charge in [0.15, 0.2) is 5.76 Å². The maximum atomic E-state index is 13.2. The maximum Gasteiger partial charge on any atom is 0.301 e. The minimum absolute atomic E-state index is 0.124. The molecule has 0 bridgehead atoms. The zero-order valence-corrected chi connectivity index (χ0v) is 20.7. The first-order valence-corrected chi connectivity index (χ1v) is 13.0. The molecule has 2 amide bonds. The van der Waals surface area contributed by atoms with Crippen LogP contribution in [-0.4, -0.2) is 54.6 Å². The Morgan fingerprint density at radius 1 is 0.973 bits per heavy atom. The molecule has 3 aromatic rings. The van der Waals surface area contributed by atoms with Crippen LogP contribution in [0.2, 0.25) is 0 Å². The number of furan rings is 1. The van der Waals surface area contributed by atoms with E-state index in [1.165, 1.54) is 5.56 Å². The summed E-state index contributed by atoms with van der Waals surface area (Å²) >= 11 is 0. The van der Waals surface area contributed by atoms with E-state index in [1.807, 2.05) is 40.2 Å². The van der Waals surface area contributed by atoms with Gasteiger partial charge in [-0.25, -0.2) is 5.01 Å². The molecule has 1 unspecified atom stereocenters. The van der Waals surface area contributed by atoms with Gasteiger partial charge >= 0.3 is 5.91 Å². The lowest BCUT2D eigenvalue weighted by atomic mass is 9.87. The van der Waals surface area contributed by atoms with E-state index in [0.717, 1.165) is 36.9 Å². The van der Waals surface area contributed by atoms with E-state index in [4.69, 9.17) is 13.9 Å². The maximum absolute atomic E-state index is 13.2. The number of fused-ring (bicyclic) bond motifs is 1. The molecule has 192 valence electrons. The van der Waals surface area contributed by atoms with E-state index >= 15 is 0 Å². The number of benzene rings is 2. The summed E-state index contributed by atoms with van der Waals surface area (Å²) in [4.78, 5) is 27.7. The average molecular weight is 502 g/mol. The van der Waals surface area contributed by atoms with E-state index in [2.05, 4.69) is 23.6 Å². The van der Waals surface area contributed by atoms with Gasteiger partial charge in [-0.05, 0) is 60.2 Å². The fourth-order valence-corrected chi connectivity index (χ4v) is 5.09. The summed E-state index contributed by atoms with van der Waals surface area (Å²) < 4.78 is 17.1. The number of hydrogen-bond donors (Lipinski definition) is 1. The highest BCUT2D eigenvalue weighted by atomic mass is 16.5. The van der Waals surface area contributed by atoms with Crippen LogP contribution in [0.1, 0.15) is 51.9 Å².